The van der Waals surface area contributed by atoms with Gasteiger partial charge < -0.3 is 0 Å². The van der Waals surface area contributed by atoms with E-state index in [1.165, 1.54) is 30.5 Å². The number of hydrazone groups is 1. The topological polar surface area (TPSA) is 111 Å². The molecule has 0 bridgehead atoms. The van der Waals surface area contributed by atoms with Crippen molar-refractivity contribution in [3.05, 3.63) is 74.3 Å². The molecule has 0 unspecified atom stereocenters. The molecule has 8 heteroatoms. The Morgan fingerprint density at radius 1 is 1.00 bits per heavy atom. The summed E-state index contributed by atoms with van der Waals surface area (Å²) in [4.78, 5) is 20.4. The maximum atomic E-state index is 10.8. The maximum absolute atomic E-state index is 10.8. The zero-order valence-corrected chi connectivity index (χ0v) is 10.7. The Morgan fingerprint density at radius 2 is 1.76 bits per heavy atom. The minimum absolute atomic E-state index is 0.0675. The molecule has 0 aromatic heterocycles. The van der Waals surface area contributed by atoms with Crippen molar-refractivity contribution in [3.63, 3.8) is 0 Å². The Hall–Kier alpha value is -3.29. The number of rotatable bonds is 5. The fraction of sp³-hybridized carbons (Fsp3) is 0. The number of nitrogens with zero attached hydrogens (tertiary/aromatic N) is 3. The molecule has 0 heterocycles. The molecular formula is C13H10N4O4. The highest BCUT2D eigenvalue weighted by atomic mass is 16.6. The summed E-state index contributed by atoms with van der Waals surface area (Å²) in [5, 5.41) is 25.3. The van der Waals surface area contributed by atoms with Crippen molar-refractivity contribution >= 4 is 23.3 Å². The molecule has 8 nitrogen and oxygen atoms in total. The Balaban J connectivity index is 2.15. The van der Waals surface area contributed by atoms with E-state index in [9.17, 15) is 20.2 Å². The minimum Gasteiger partial charge on any atom is -0.278 e. The molecule has 21 heavy (non-hydrogen) atoms. The third kappa shape index (κ3) is 3.60. The van der Waals surface area contributed by atoms with E-state index < -0.39 is 9.85 Å². The SMILES string of the molecule is O=[N+]([O-])c1cccc(N/N=C\c2ccccc2[N+](=O)[O-])c1. The van der Waals surface area contributed by atoms with Gasteiger partial charge in [-0.15, -0.1) is 0 Å². The maximum Gasteiger partial charge on any atom is 0.278 e. The van der Waals surface area contributed by atoms with Crippen LogP contribution >= 0.6 is 0 Å². The number of hydrogen-bond donors (Lipinski definition) is 1. The Kier molecular flexibility index (Phi) is 4.20. The van der Waals surface area contributed by atoms with Crippen molar-refractivity contribution in [2.24, 2.45) is 5.10 Å². The first-order valence-corrected chi connectivity index (χ1v) is 5.85. The predicted molar refractivity (Wildman–Crippen MR) is 77.4 cm³/mol. The van der Waals surface area contributed by atoms with E-state index in [2.05, 4.69) is 10.5 Å². The highest BCUT2D eigenvalue weighted by molar-refractivity contribution is 5.85. The van der Waals surface area contributed by atoms with E-state index in [4.69, 9.17) is 0 Å². The van der Waals surface area contributed by atoms with Crippen LogP contribution in [0.4, 0.5) is 17.1 Å². The molecule has 0 aliphatic carbocycles. The first-order valence-electron chi connectivity index (χ1n) is 5.85. The summed E-state index contributed by atoms with van der Waals surface area (Å²) in [6, 6.07) is 11.9. The van der Waals surface area contributed by atoms with Crippen LogP contribution in [0, 0.1) is 20.2 Å². The number of nitro groups is 2. The second-order valence-corrected chi connectivity index (χ2v) is 3.99. The van der Waals surface area contributed by atoms with Crippen molar-refractivity contribution in [2.45, 2.75) is 0 Å². The molecule has 0 radical (unpaired) electrons. The molecule has 0 aliphatic heterocycles. The van der Waals surface area contributed by atoms with Crippen LogP contribution in [0.2, 0.25) is 0 Å². The predicted octanol–water partition coefficient (Wildman–Crippen LogP) is 2.95. The van der Waals surface area contributed by atoms with Crippen LogP contribution in [0.15, 0.2) is 53.6 Å². The number of anilines is 1. The molecule has 2 aromatic carbocycles. The minimum atomic E-state index is -0.517. The lowest BCUT2D eigenvalue weighted by atomic mass is 10.2. The summed E-state index contributed by atoms with van der Waals surface area (Å²) in [6.45, 7) is 0. The molecule has 0 amide bonds. The van der Waals surface area contributed by atoms with Crippen molar-refractivity contribution in [2.75, 3.05) is 5.43 Å². The second kappa shape index (κ2) is 6.24. The third-order valence-corrected chi connectivity index (χ3v) is 2.59. The Morgan fingerprint density at radius 3 is 2.48 bits per heavy atom. The average Bonchev–Trinajstić information content (AvgIpc) is 2.48. The average molecular weight is 286 g/mol. The van der Waals surface area contributed by atoms with E-state index >= 15 is 0 Å². The van der Waals surface area contributed by atoms with Gasteiger partial charge in [-0.3, -0.25) is 25.7 Å². The van der Waals surface area contributed by atoms with E-state index in [1.54, 1.807) is 24.3 Å². The van der Waals surface area contributed by atoms with Crippen molar-refractivity contribution < 1.29 is 9.85 Å². The zero-order valence-electron chi connectivity index (χ0n) is 10.7. The van der Waals surface area contributed by atoms with Gasteiger partial charge in [0.2, 0.25) is 0 Å². The zero-order chi connectivity index (χ0) is 15.2. The van der Waals surface area contributed by atoms with Crippen LogP contribution in [-0.2, 0) is 0 Å². The van der Waals surface area contributed by atoms with Gasteiger partial charge in [0.15, 0.2) is 0 Å². The van der Waals surface area contributed by atoms with Gasteiger partial charge in [0, 0.05) is 18.2 Å². The summed E-state index contributed by atoms with van der Waals surface area (Å²) in [5.41, 5.74) is 3.21. The van der Waals surface area contributed by atoms with Gasteiger partial charge >= 0.3 is 0 Å². The molecule has 1 N–H and O–H groups in total. The number of benzene rings is 2. The summed E-state index contributed by atoms with van der Waals surface area (Å²) >= 11 is 0. The summed E-state index contributed by atoms with van der Waals surface area (Å²) in [6.07, 6.45) is 1.29. The van der Waals surface area contributed by atoms with Crippen molar-refractivity contribution in [1.29, 1.82) is 0 Å². The lowest BCUT2D eigenvalue weighted by Gasteiger charge is -2.00. The van der Waals surface area contributed by atoms with E-state index in [-0.39, 0.29) is 11.4 Å². The quantitative estimate of drug-likeness (QED) is 0.516. The molecule has 0 saturated heterocycles. The molecule has 2 aromatic rings. The molecule has 0 spiro atoms. The molecule has 2 rings (SSSR count). The number of nitrogens with one attached hydrogen (secondary N) is 1. The fourth-order valence-corrected chi connectivity index (χ4v) is 1.63. The second-order valence-electron chi connectivity index (χ2n) is 3.99. The van der Waals surface area contributed by atoms with E-state index in [0.717, 1.165) is 0 Å². The number of non-ortho nitro benzene ring substituents is 1. The van der Waals surface area contributed by atoms with Gasteiger partial charge in [-0.25, -0.2) is 0 Å². The fourth-order valence-electron chi connectivity index (χ4n) is 1.63. The highest BCUT2D eigenvalue weighted by Gasteiger charge is 2.10. The van der Waals surface area contributed by atoms with Gasteiger partial charge in [0.1, 0.15) is 0 Å². The van der Waals surface area contributed by atoms with Crippen molar-refractivity contribution in [3.8, 4) is 0 Å². The molecule has 0 aliphatic rings. The van der Waals surface area contributed by atoms with Crippen LogP contribution < -0.4 is 5.43 Å². The first-order chi connectivity index (χ1) is 10.1. The molecule has 0 atom stereocenters. The largest absolute Gasteiger partial charge is 0.278 e. The van der Waals surface area contributed by atoms with Crippen LogP contribution in [0.3, 0.4) is 0 Å². The van der Waals surface area contributed by atoms with Gasteiger partial charge in [0.25, 0.3) is 11.4 Å². The van der Waals surface area contributed by atoms with Crippen LogP contribution in [0.1, 0.15) is 5.56 Å². The van der Waals surface area contributed by atoms with Crippen molar-refractivity contribution in [1.82, 2.24) is 0 Å². The monoisotopic (exact) mass is 286 g/mol. The lowest BCUT2D eigenvalue weighted by Crippen LogP contribution is -1.96. The van der Waals surface area contributed by atoms with Gasteiger partial charge in [-0.05, 0) is 12.1 Å². The van der Waals surface area contributed by atoms with Gasteiger partial charge in [-0.1, -0.05) is 18.2 Å². The molecule has 0 fully saturated rings. The smallest absolute Gasteiger partial charge is 0.278 e. The first kappa shape index (κ1) is 14.1. The Bertz CT molecular complexity index is 715. The summed E-state index contributed by atoms with van der Waals surface area (Å²) < 4.78 is 0. The third-order valence-electron chi connectivity index (χ3n) is 2.59. The lowest BCUT2D eigenvalue weighted by molar-refractivity contribution is -0.385. The number of para-hydroxylation sites is 1. The van der Waals surface area contributed by atoms with Crippen LogP contribution in [0.25, 0.3) is 0 Å². The molecule has 106 valence electrons. The molecule has 0 saturated carbocycles. The number of hydrogen-bond acceptors (Lipinski definition) is 6. The highest BCUT2D eigenvalue weighted by Crippen LogP contribution is 2.18. The van der Waals surface area contributed by atoms with E-state index in [0.29, 0.717) is 11.3 Å². The number of nitro benzene ring substituents is 2. The summed E-state index contributed by atoms with van der Waals surface area (Å²) in [7, 11) is 0. The molecular weight excluding hydrogens is 276 g/mol. The normalized spacial score (nSPS) is 10.5. The van der Waals surface area contributed by atoms with Gasteiger partial charge in [0.05, 0.1) is 27.3 Å². The summed E-state index contributed by atoms with van der Waals surface area (Å²) in [5.74, 6) is 0. The van der Waals surface area contributed by atoms with Gasteiger partial charge in [-0.2, -0.15) is 5.10 Å². The van der Waals surface area contributed by atoms with Crippen LogP contribution in [0.5, 0.6) is 0 Å². The van der Waals surface area contributed by atoms with Crippen LogP contribution in [-0.4, -0.2) is 16.1 Å². The standard InChI is InChI=1S/C13H10N4O4/c18-16(19)12-6-3-5-11(8-12)15-14-9-10-4-1-2-7-13(10)17(20)21/h1-9,15H/b14-9-. The Labute approximate surface area is 119 Å². The van der Waals surface area contributed by atoms with E-state index in [1.807, 2.05) is 0 Å².